The molecule has 0 saturated heterocycles. The van der Waals surface area contributed by atoms with Crippen molar-refractivity contribution in [2.24, 2.45) is 0 Å². The Morgan fingerprint density at radius 3 is 1.25 bits per heavy atom. The SMILES string of the molecule is O=C(O)c1ccc2c#cc3ccccc3c#cc3ccc(C(=O)O)cc3c#cc#cc2c1. The molecule has 0 aliphatic rings. The number of carboxylic acid groups (broad SMARTS) is 2. The van der Waals surface area contributed by atoms with Crippen LogP contribution in [0.5, 0.6) is 0 Å². The van der Waals surface area contributed by atoms with E-state index in [2.05, 4.69) is 48.5 Å². The molecule has 0 heterocycles. The van der Waals surface area contributed by atoms with Crippen LogP contribution in [0.15, 0.2) is 60.7 Å². The maximum Gasteiger partial charge on any atom is 0.335 e. The third kappa shape index (κ3) is 4.37. The smallest absolute Gasteiger partial charge is 0.335 e. The lowest BCUT2D eigenvalue weighted by Crippen LogP contribution is -1.94. The first-order valence-electron chi connectivity index (χ1n) is 9.41. The molecule has 0 aromatic heterocycles. The Balaban J connectivity index is 2.10. The van der Waals surface area contributed by atoms with Crippen molar-refractivity contribution in [1.82, 2.24) is 0 Å². The van der Waals surface area contributed by atoms with Gasteiger partial charge in [0.25, 0.3) is 0 Å². The fraction of sp³-hybridized carbons (Fsp3) is 0. The van der Waals surface area contributed by atoms with Crippen LogP contribution in [0.4, 0.5) is 0 Å². The second-order valence-electron chi connectivity index (χ2n) is 6.68. The maximum absolute atomic E-state index is 11.4. The van der Waals surface area contributed by atoms with Gasteiger partial charge in [0.05, 0.1) is 11.1 Å². The van der Waals surface area contributed by atoms with E-state index >= 15 is 0 Å². The summed E-state index contributed by atoms with van der Waals surface area (Å²) in [7, 11) is 0. The highest BCUT2D eigenvalue weighted by Gasteiger charge is 2.03. The molecule has 32 heavy (non-hydrogen) atoms. The summed E-state index contributed by atoms with van der Waals surface area (Å²) in [6, 6.07) is 39.9. The van der Waals surface area contributed by atoms with E-state index in [1.807, 2.05) is 24.3 Å². The summed E-state index contributed by atoms with van der Waals surface area (Å²) in [6.45, 7) is 0. The molecule has 0 radical (unpaired) electrons. The van der Waals surface area contributed by atoms with Crippen molar-refractivity contribution in [3.8, 4) is 0 Å². The molecule has 0 aliphatic heterocycles. The lowest BCUT2D eigenvalue weighted by Gasteiger charge is -1.93. The summed E-state index contributed by atoms with van der Waals surface area (Å²) in [5, 5.41) is 22.0. The predicted octanol–water partition coefficient (Wildman–Crippen LogP) is 5.19. The van der Waals surface area contributed by atoms with Gasteiger partial charge in [-0.25, -0.2) is 9.59 Å². The second-order valence-corrected chi connectivity index (χ2v) is 6.68. The van der Waals surface area contributed by atoms with E-state index < -0.39 is 11.9 Å². The number of carboxylic acids is 2. The van der Waals surface area contributed by atoms with Gasteiger partial charge in [0, 0.05) is 32.3 Å². The molecule has 4 aromatic carbocycles. The Morgan fingerprint density at radius 2 is 0.875 bits per heavy atom. The van der Waals surface area contributed by atoms with E-state index in [-0.39, 0.29) is 11.1 Å². The first-order chi connectivity index (χ1) is 15.5. The molecule has 0 amide bonds. The van der Waals surface area contributed by atoms with E-state index in [0.717, 1.165) is 0 Å². The van der Waals surface area contributed by atoms with Crippen molar-refractivity contribution < 1.29 is 19.8 Å². The van der Waals surface area contributed by atoms with Crippen LogP contribution in [0, 0.1) is 48.5 Å². The quantitative estimate of drug-likeness (QED) is 0.475. The third-order valence-electron chi connectivity index (χ3n) is 4.58. The molecule has 4 aromatic rings. The predicted molar refractivity (Wildman–Crippen MR) is 119 cm³/mol. The van der Waals surface area contributed by atoms with Gasteiger partial charge in [-0.2, -0.15) is 0 Å². The molecule has 0 spiro atoms. The summed E-state index contributed by atoms with van der Waals surface area (Å²) in [5.41, 5.74) is 0.188. The zero-order valence-corrected chi connectivity index (χ0v) is 16.5. The van der Waals surface area contributed by atoms with E-state index in [1.165, 1.54) is 24.3 Å². The summed E-state index contributed by atoms with van der Waals surface area (Å²) in [5.74, 6) is -2.13. The summed E-state index contributed by atoms with van der Waals surface area (Å²) < 4.78 is 0. The van der Waals surface area contributed by atoms with Crippen LogP contribution < -0.4 is 0 Å². The second kappa shape index (κ2) is 8.69. The minimum absolute atomic E-state index is 0.0941. The molecular weight excluding hydrogens is 400 g/mol. The minimum atomic E-state index is -1.07. The van der Waals surface area contributed by atoms with E-state index in [4.69, 9.17) is 0 Å². The summed E-state index contributed by atoms with van der Waals surface area (Å²) in [4.78, 5) is 22.7. The van der Waals surface area contributed by atoms with Crippen molar-refractivity contribution >= 4 is 44.3 Å². The largest absolute Gasteiger partial charge is 0.478 e. The van der Waals surface area contributed by atoms with Gasteiger partial charge >= 0.3 is 11.9 Å². The number of aromatic carboxylic acids is 2. The fourth-order valence-electron chi connectivity index (χ4n) is 2.95. The topological polar surface area (TPSA) is 74.6 Å². The highest BCUT2D eigenvalue weighted by atomic mass is 16.4. The van der Waals surface area contributed by atoms with Crippen molar-refractivity contribution in [3.63, 3.8) is 0 Å². The van der Waals surface area contributed by atoms with Crippen molar-refractivity contribution in [3.05, 3.63) is 120 Å². The molecule has 0 saturated carbocycles. The average molecular weight is 412 g/mol. The number of fused-ring (bicyclic) bond motifs is 3. The molecule has 0 atom stereocenters. The van der Waals surface area contributed by atoms with Gasteiger partial charge in [-0.3, -0.25) is 0 Å². The zero-order chi connectivity index (χ0) is 22.5. The van der Waals surface area contributed by atoms with Gasteiger partial charge in [-0.15, -0.1) is 0 Å². The van der Waals surface area contributed by atoms with Crippen LogP contribution in [0.3, 0.4) is 0 Å². The van der Waals surface area contributed by atoms with Gasteiger partial charge < -0.3 is 10.2 Å². The van der Waals surface area contributed by atoms with Crippen LogP contribution in [0.2, 0.25) is 0 Å². The lowest BCUT2D eigenvalue weighted by atomic mass is 10.1. The number of benzene rings is 3. The zero-order valence-electron chi connectivity index (χ0n) is 16.5. The van der Waals surface area contributed by atoms with E-state index in [1.54, 1.807) is 12.1 Å². The van der Waals surface area contributed by atoms with Gasteiger partial charge in [-0.1, -0.05) is 48.5 Å². The van der Waals surface area contributed by atoms with Gasteiger partial charge in [0.15, 0.2) is 0 Å². The minimum Gasteiger partial charge on any atom is -0.478 e. The Labute approximate surface area is 184 Å². The van der Waals surface area contributed by atoms with Crippen LogP contribution in [-0.4, -0.2) is 22.2 Å². The third-order valence-corrected chi connectivity index (χ3v) is 4.58. The van der Waals surface area contributed by atoms with Crippen molar-refractivity contribution in [2.45, 2.75) is 0 Å². The first kappa shape index (κ1) is 20.1. The standard InChI is InChI=1S/C28H12O4/c29-27(30)25-15-13-21-11-9-19-5-1-2-6-20(19)10-12-22-14-16-26(28(31)32)18-24(22)8-4-3-7-23(21)17-25/h1-2,5-6,13-18H,(H,29,30)(H,31,32). The number of rotatable bonds is 2. The van der Waals surface area contributed by atoms with Crippen molar-refractivity contribution in [1.29, 1.82) is 0 Å². The van der Waals surface area contributed by atoms with Crippen molar-refractivity contribution in [2.75, 3.05) is 0 Å². The molecule has 0 unspecified atom stereocenters. The number of hydrogen-bond acceptors (Lipinski definition) is 2. The Bertz CT molecular complexity index is 1370. The number of hydrogen-bond donors (Lipinski definition) is 2. The highest BCUT2D eigenvalue weighted by molar-refractivity contribution is 5.94. The number of carbonyl (C=O) groups is 2. The lowest BCUT2D eigenvalue weighted by molar-refractivity contribution is 0.0686. The fourth-order valence-corrected chi connectivity index (χ4v) is 2.95. The molecule has 148 valence electrons. The van der Waals surface area contributed by atoms with Crippen LogP contribution >= 0.6 is 0 Å². The summed E-state index contributed by atoms with van der Waals surface area (Å²) in [6.07, 6.45) is 0. The van der Waals surface area contributed by atoms with Crippen LogP contribution in [0.1, 0.15) is 20.7 Å². The van der Waals surface area contributed by atoms with E-state index in [0.29, 0.717) is 32.3 Å². The average Bonchev–Trinajstić information content (AvgIpc) is 2.79. The van der Waals surface area contributed by atoms with Gasteiger partial charge in [-0.05, 0) is 60.7 Å². The van der Waals surface area contributed by atoms with Crippen LogP contribution in [0.25, 0.3) is 32.3 Å². The molecular formula is C28H12O4. The Morgan fingerprint density at radius 1 is 0.500 bits per heavy atom. The molecule has 4 nitrogen and oxygen atoms in total. The highest BCUT2D eigenvalue weighted by Crippen LogP contribution is 2.13. The molecule has 2 N–H and O–H groups in total. The molecule has 0 fully saturated rings. The molecule has 0 bridgehead atoms. The molecule has 4 rings (SSSR count). The first-order valence-corrected chi connectivity index (χ1v) is 9.41. The summed E-state index contributed by atoms with van der Waals surface area (Å²) >= 11 is 0. The van der Waals surface area contributed by atoms with Gasteiger partial charge in [0.1, 0.15) is 0 Å². The molecule has 4 heteroatoms. The maximum atomic E-state index is 11.4. The van der Waals surface area contributed by atoms with E-state index in [9.17, 15) is 19.8 Å². The van der Waals surface area contributed by atoms with Gasteiger partial charge in [0.2, 0.25) is 0 Å². The van der Waals surface area contributed by atoms with Crippen LogP contribution in [-0.2, 0) is 0 Å². The Hall–Kier alpha value is -5.16. The molecule has 0 aliphatic carbocycles. The monoisotopic (exact) mass is 412 g/mol. The normalized spacial score (nSPS) is 9.38. The Kier molecular flexibility index (Phi) is 5.46.